The monoisotopic (exact) mass is 447 g/mol. The summed E-state index contributed by atoms with van der Waals surface area (Å²) in [6.07, 6.45) is 1.78. The maximum Gasteiger partial charge on any atom is 0.269 e. The van der Waals surface area contributed by atoms with Crippen LogP contribution < -0.4 is 10.6 Å². The van der Waals surface area contributed by atoms with Gasteiger partial charge in [0, 0.05) is 37.1 Å². The molecule has 0 saturated heterocycles. The normalized spacial score (nSPS) is 10.6. The number of non-ortho nitro benzene ring substituents is 1. The molecule has 9 heteroatoms. The van der Waals surface area contributed by atoms with Crippen LogP contribution in [0.25, 0.3) is 10.6 Å². The average Bonchev–Trinajstić information content (AvgIpc) is 3.48. The maximum atomic E-state index is 12.9. The molecule has 0 unspecified atom stereocenters. The van der Waals surface area contributed by atoms with Gasteiger partial charge in [-0.1, -0.05) is 36.4 Å². The molecule has 4 aromatic rings. The van der Waals surface area contributed by atoms with Crippen molar-refractivity contribution in [3.63, 3.8) is 0 Å². The first-order chi connectivity index (χ1) is 15.6. The zero-order valence-electron chi connectivity index (χ0n) is 17.1. The van der Waals surface area contributed by atoms with Crippen molar-refractivity contribution in [1.82, 2.24) is 15.1 Å². The molecule has 32 heavy (non-hydrogen) atoms. The Kier molecular flexibility index (Phi) is 6.57. The fourth-order valence-corrected chi connectivity index (χ4v) is 3.94. The fraction of sp³-hybridized carbons (Fsp3) is 0.130. The van der Waals surface area contributed by atoms with E-state index in [1.165, 1.54) is 23.5 Å². The Hall–Kier alpha value is -3.98. The molecule has 0 aliphatic carbocycles. The van der Waals surface area contributed by atoms with Gasteiger partial charge < -0.3 is 10.6 Å². The molecule has 2 N–H and O–H groups in total. The molecule has 4 rings (SSSR count). The summed E-state index contributed by atoms with van der Waals surface area (Å²) in [4.78, 5) is 24.1. The first-order valence-corrected chi connectivity index (χ1v) is 10.9. The number of hydrogen-bond donors (Lipinski definition) is 2. The maximum absolute atomic E-state index is 12.9. The van der Waals surface area contributed by atoms with E-state index in [-0.39, 0.29) is 11.6 Å². The van der Waals surface area contributed by atoms with Crippen LogP contribution in [-0.2, 0) is 6.54 Å². The van der Waals surface area contributed by atoms with E-state index in [2.05, 4.69) is 15.7 Å². The van der Waals surface area contributed by atoms with Crippen LogP contribution in [0.15, 0.2) is 78.3 Å². The Morgan fingerprint density at radius 1 is 1.03 bits per heavy atom. The van der Waals surface area contributed by atoms with E-state index in [1.807, 2.05) is 47.8 Å². The Morgan fingerprint density at radius 3 is 2.50 bits per heavy atom. The van der Waals surface area contributed by atoms with Gasteiger partial charge in [-0.15, -0.1) is 11.3 Å². The fourth-order valence-electron chi connectivity index (χ4n) is 3.21. The summed E-state index contributed by atoms with van der Waals surface area (Å²) in [6, 6.07) is 20.0. The molecule has 0 radical (unpaired) electrons. The minimum Gasteiger partial charge on any atom is -0.383 e. The SMILES string of the molecule is O=C(NCCNc1ccc([N+](=O)[O-])cc1)c1cn(Cc2ccccc2)nc1-c1cccs1. The predicted octanol–water partition coefficient (Wildman–Crippen LogP) is 4.41. The smallest absolute Gasteiger partial charge is 0.269 e. The lowest BCUT2D eigenvalue weighted by Gasteiger charge is -2.08. The quantitative estimate of drug-likeness (QED) is 0.225. The topological polar surface area (TPSA) is 102 Å². The number of nitro groups is 1. The van der Waals surface area contributed by atoms with Gasteiger partial charge in [-0.3, -0.25) is 19.6 Å². The van der Waals surface area contributed by atoms with Crippen LogP contribution in [-0.4, -0.2) is 33.7 Å². The van der Waals surface area contributed by atoms with Crippen molar-refractivity contribution in [2.24, 2.45) is 0 Å². The summed E-state index contributed by atoms with van der Waals surface area (Å²) in [5.74, 6) is -0.196. The number of rotatable bonds is 9. The van der Waals surface area contributed by atoms with Crippen molar-refractivity contribution in [1.29, 1.82) is 0 Å². The summed E-state index contributed by atoms with van der Waals surface area (Å²) in [5.41, 5.74) is 3.08. The van der Waals surface area contributed by atoms with E-state index in [4.69, 9.17) is 0 Å². The number of nitro benzene ring substituents is 1. The molecule has 1 amide bonds. The number of anilines is 1. The predicted molar refractivity (Wildman–Crippen MR) is 125 cm³/mol. The van der Waals surface area contributed by atoms with Crippen LogP contribution in [0, 0.1) is 10.1 Å². The molecule has 0 fully saturated rings. The van der Waals surface area contributed by atoms with Gasteiger partial charge in [0.25, 0.3) is 11.6 Å². The number of benzene rings is 2. The third kappa shape index (κ3) is 5.19. The van der Waals surface area contributed by atoms with Gasteiger partial charge in [-0.2, -0.15) is 5.10 Å². The molecule has 2 aromatic heterocycles. The number of thiophene rings is 1. The van der Waals surface area contributed by atoms with E-state index in [1.54, 1.807) is 23.0 Å². The minimum absolute atomic E-state index is 0.0393. The number of carbonyl (C=O) groups is 1. The number of nitrogens with zero attached hydrogens (tertiary/aromatic N) is 3. The van der Waals surface area contributed by atoms with Gasteiger partial charge in [0.1, 0.15) is 5.69 Å². The average molecular weight is 448 g/mol. The summed E-state index contributed by atoms with van der Waals surface area (Å²) < 4.78 is 1.79. The highest BCUT2D eigenvalue weighted by molar-refractivity contribution is 7.13. The molecule has 2 heterocycles. The van der Waals surface area contributed by atoms with E-state index in [9.17, 15) is 14.9 Å². The standard InChI is InChI=1S/C23H21N5O3S/c29-23(25-13-12-24-18-8-10-19(11-9-18)28(30)31)20-16-27(15-17-5-2-1-3-6-17)26-22(20)21-7-4-14-32-21/h1-11,14,16,24H,12-13,15H2,(H,25,29). The van der Waals surface area contributed by atoms with Crippen LogP contribution in [0.4, 0.5) is 11.4 Å². The zero-order valence-corrected chi connectivity index (χ0v) is 17.9. The highest BCUT2D eigenvalue weighted by Gasteiger charge is 2.18. The molecule has 0 aliphatic heterocycles. The van der Waals surface area contributed by atoms with Gasteiger partial charge in [0.2, 0.25) is 0 Å². The first-order valence-electron chi connectivity index (χ1n) is 10.0. The van der Waals surface area contributed by atoms with Crippen LogP contribution in [0.2, 0.25) is 0 Å². The summed E-state index contributed by atoms with van der Waals surface area (Å²) in [5, 5.41) is 23.4. The van der Waals surface area contributed by atoms with Gasteiger partial charge in [-0.25, -0.2) is 0 Å². The van der Waals surface area contributed by atoms with Crippen LogP contribution in [0.1, 0.15) is 15.9 Å². The van der Waals surface area contributed by atoms with Crippen molar-refractivity contribution in [2.75, 3.05) is 18.4 Å². The van der Waals surface area contributed by atoms with Crippen molar-refractivity contribution in [3.8, 4) is 10.6 Å². The van der Waals surface area contributed by atoms with Crippen LogP contribution >= 0.6 is 11.3 Å². The molecule has 0 atom stereocenters. The third-order valence-electron chi connectivity index (χ3n) is 4.77. The summed E-state index contributed by atoms with van der Waals surface area (Å²) in [6.45, 7) is 1.45. The van der Waals surface area contributed by atoms with Gasteiger partial charge >= 0.3 is 0 Å². The molecule has 0 saturated carbocycles. The lowest BCUT2D eigenvalue weighted by molar-refractivity contribution is -0.384. The second-order valence-electron chi connectivity index (χ2n) is 7.04. The third-order valence-corrected chi connectivity index (χ3v) is 5.64. The van der Waals surface area contributed by atoms with Crippen LogP contribution in [0.5, 0.6) is 0 Å². The van der Waals surface area contributed by atoms with Crippen molar-refractivity contribution < 1.29 is 9.72 Å². The summed E-state index contributed by atoms with van der Waals surface area (Å²) >= 11 is 1.54. The molecule has 0 spiro atoms. The molecule has 2 aromatic carbocycles. The summed E-state index contributed by atoms with van der Waals surface area (Å²) in [7, 11) is 0. The largest absolute Gasteiger partial charge is 0.383 e. The molecule has 8 nitrogen and oxygen atoms in total. The van der Waals surface area contributed by atoms with Crippen LogP contribution in [0.3, 0.4) is 0 Å². The second kappa shape index (κ2) is 9.88. The molecule has 162 valence electrons. The van der Waals surface area contributed by atoms with Gasteiger partial charge in [0.05, 0.1) is 21.9 Å². The Morgan fingerprint density at radius 2 is 1.81 bits per heavy atom. The highest BCUT2D eigenvalue weighted by Crippen LogP contribution is 2.27. The van der Waals surface area contributed by atoms with E-state index in [0.717, 1.165) is 16.1 Å². The number of amides is 1. The molecular weight excluding hydrogens is 426 g/mol. The second-order valence-corrected chi connectivity index (χ2v) is 7.99. The highest BCUT2D eigenvalue weighted by atomic mass is 32.1. The van der Waals surface area contributed by atoms with Crippen molar-refractivity contribution in [2.45, 2.75) is 6.54 Å². The van der Waals surface area contributed by atoms with Crippen molar-refractivity contribution in [3.05, 3.63) is 99.5 Å². The number of nitrogens with one attached hydrogen (secondary N) is 2. The molecule has 0 aliphatic rings. The molecular formula is C23H21N5O3S. The van der Waals surface area contributed by atoms with E-state index < -0.39 is 4.92 Å². The zero-order chi connectivity index (χ0) is 22.3. The van der Waals surface area contributed by atoms with E-state index in [0.29, 0.717) is 30.9 Å². The first kappa shape index (κ1) is 21.3. The Labute approximate surface area is 188 Å². The van der Waals surface area contributed by atoms with Crippen molar-refractivity contribution >= 4 is 28.6 Å². The number of carbonyl (C=O) groups excluding carboxylic acids is 1. The number of hydrogen-bond acceptors (Lipinski definition) is 6. The lowest BCUT2D eigenvalue weighted by atomic mass is 10.2. The van der Waals surface area contributed by atoms with Gasteiger partial charge in [-0.05, 0) is 29.1 Å². The number of aromatic nitrogens is 2. The minimum atomic E-state index is -0.437. The lowest BCUT2D eigenvalue weighted by Crippen LogP contribution is -2.28. The van der Waals surface area contributed by atoms with Gasteiger partial charge in [0.15, 0.2) is 0 Å². The van der Waals surface area contributed by atoms with E-state index >= 15 is 0 Å². The Balaban J connectivity index is 1.40. The Bertz CT molecular complexity index is 1190. The molecule has 0 bridgehead atoms.